The summed E-state index contributed by atoms with van der Waals surface area (Å²) in [7, 11) is 0. The van der Waals surface area contributed by atoms with E-state index in [2.05, 4.69) is 27.6 Å². The molecule has 2 aromatic rings. The molecule has 0 aliphatic rings. The highest BCUT2D eigenvalue weighted by atomic mass is 32.1. The minimum Gasteiger partial charge on any atom is -0.353 e. The molecule has 3 nitrogen and oxygen atoms in total. The number of aromatic nitrogens is 2. The number of aryl methyl sites for hydroxylation is 1. The molecule has 0 saturated carbocycles. The van der Waals surface area contributed by atoms with Gasteiger partial charge in [-0.05, 0) is 13.8 Å². The number of hydrogen-bond donors (Lipinski definition) is 1. The fraction of sp³-hybridized carbons (Fsp3) is 0.333. The van der Waals surface area contributed by atoms with E-state index < -0.39 is 0 Å². The van der Waals surface area contributed by atoms with E-state index in [1.165, 1.54) is 0 Å². The molecule has 0 bridgehead atoms. The quantitative estimate of drug-likeness (QED) is 0.872. The minimum absolute atomic E-state index is 0.236. The Morgan fingerprint density at radius 2 is 2.29 bits per heavy atom. The fourth-order valence-corrected chi connectivity index (χ4v) is 2.53. The van der Waals surface area contributed by atoms with Gasteiger partial charge in [-0.2, -0.15) is 0 Å². The Labute approximate surface area is 90.9 Å². The number of thiazole rings is 2. The molecule has 5 heteroatoms. The summed E-state index contributed by atoms with van der Waals surface area (Å²) >= 11 is 3.29. The van der Waals surface area contributed by atoms with E-state index in [1.807, 2.05) is 12.3 Å². The standard InChI is InChI=1S/C9H11N3S2/c1-6-5-14-8(11-6)7(2)12-9-10-3-4-13-9/h3-5,7H,1-2H3,(H,10,12). The molecule has 1 atom stereocenters. The zero-order valence-corrected chi connectivity index (χ0v) is 9.65. The van der Waals surface area contributed by atoms with Gasteiger partial charge in [-0.1, -0.05) is 0 Å². The first-order valence-electron chi connectivity index (χ1n) is 4.34. The van der Waals surface area contributed by atoms with Crippen molar-refractivity contribution in [2.24, 2.45) is 0 Å². The molecule has 0 aliphatic carbocycles. The lowest BCUT2D eigenvalue weighted by atomic mass is 10.4. The van der Waals surface area contributed by atoms with Gasteiger partial charge in [-0.3, -0.25) is 0 Å². The molecule has 0 spiro atoms. The molecular formula is C9H11N3S2. The van der Waals surface area contributed by atoms with Gasteiger partial charge in [0.25, 0.3) is 0 Å². The van der Waals surface area contributed by atoms with Crippen LogP contribution in [0.25, 0.3) is 0 Å². The molecule has 2 heterocycles. The lowest BCUT2D eigenvalue weighted by Crippen LogP contribution is -2.05. The zero-order chi connectivity index (χ0) is 9.97. The first-order chi connectivity index (χ1) is 6.75. The molecule has 0 radical (unpaired) electrons. The second kappa shape index (κ2) is 4.06. The maximum absolute atomic E-state index is 4.42. The molecule has 2 rings (SSSR count). The number of nitrogens with zero attached hydrogens (tertiary/aromatic N) is 2. The van der Waals surface area contributed by atoms with E-state index in [1.54, 1.807) is 28.9 Å². The van der Waals surface area contributed by atoms with E-state index in [9.17, 15) is 0 Å². The maximum Gasteiger partial charge on any atom is 0.183 e. The van der Waals surface area contributed by atoms with Crippen LogP contribution in [-0.2, 0) is 0 Å². The second-order valence-corrected chi connectivity index (χ2v) is 4.81. The van der Waals surface area contributed by atoms with Gasteiger partial charge >= 0.3 is 0 Å². The third-order valence-corrected chi connectivity index (χ3v) is 3.63. The van der Waals surface area contributed by atoms with Crippen LogP contribution in [-0.4, -0.2) is 9.97 Å². The smallest absolute Gasteiger partial charge is 0.183 e. The van der Waals surface area contributed by atoms with Crippen LogP contribution in [0.2, 0.25) is 0 Å². The molecule has 0 aromatic carbocycles. The summed E-state index contributed by atoms with van der Waals surface area (Å²) in [5, 5.41) is 9.39. The summed E-state index contributed by atoms with van der Waals surface area (Å²) < 4.78 is 0. The molecule has 0 saturated heterocycles. The van der Waals surface area contributed by atoms with Crippen LogP contribution in [0.15, 0.2) is 17.0 Å². The molecule has 0 amide bonds. The van der Waals surface area contributed by atoms with E-state index in [4.69, 9.17) is 0 Å². The van der Waals surface area contributed by atoms with Crippen molar-refractivity contribution in [3.63, 3.8) is 0 Å². The number of hydrogen-bond acceptors (Lipinski definition) is 5. The van der Waals surface area contributed by atoms with Gasteiger partial charge in [0.2, 0.25) is 0 Å². The summed E-state index contributed by atoms with van der Waals surface area (Å²) in [4.78, 5) is 8.60. The zero-order valence-electron chi connectivity index (χ0n) is 8.02. The normalized spacial score (nSPS) is 12.7. The van der Waals surface area contributed by atoms with Crippen molar-refractivity contribution in [3.05, 3.63) is 27.7 Å². The molecule has 1 N–H and O–H groups in total. The Morgan fingerprint density at radius 3 is 2.86 bits per heavy atom. The van der Waals surface area contributed by atoms with Gasteiger partial charge in [-0.25, -0.2) is 9.97 Å². The van der Waals surface area contributed by atoms with Crippen molar-refractivity contribution >= 4 is 27.8 Å². The third-order valence-electron chi connectivity index (χ3n) is 1.78. The van der Waals surface area contributed by atoms with Crippen LogP contribution in [0.3, 0.4) is 0 Å². The van der Waals surface area contributed by atoms with Crippen molar-refractivity contribution in [2.75, 3.05) is 5.32 Å². The lowest BCUT2D eigenvalue weighted by Gasteiger charge is -2.08. The number of nitrogens with one attached hydrogen (secondary N) is 1. The van der Waals surface area contributed by atoms with Gasteiger partial charge < -0.3 is 5.32 Å². The van der Waals surface area contributed by atoms with E-state index in [0.29, 0.717) is 0 Å². The summed E-state index contributed by atoms with van der Waals surface area (Å²) in [6.45, 7) is 4.11. The Kier molecular flexibility index (Phi) is 2.79. The van der Waals surface area contributed by atoms with E-state index >= 15 is 0 Å². The van der Waals surface area contributed by atoms with Crippen molar-refractivity contribution in [3.8, 4) is 0 Å². The summed E-state index contributed by atoms with van der Waals surface area (Å²) in [5.41, 5.74) is 1.08. The molecule has 1 unspecified atom stereocenters. The predicted octanol–water partition coefficient (Wildman–Crippen LogP) is 3.08. The molecule has 14 heavy (non-hydrogen) atoms. The van der Waals surface area contributed by atoms with Gasteiger partial charge in [0.05, 0.1) is 6.04 Å². The molecule has 2 aromatic heterocycles. The highest BCUT2D eigenvalue weighted by molar-refractivity contribution is 7.13. The van der Waals surface area contributed by atoms with E-state index in [-0.39, 0.29) is 6.04 Å². The Bertz CT molecular complexity index is 394. The Hall–Kier alpha value is -0.940. The number of anilines is 1. The maximum atomic E-state index is 4.42. The largest absolute Gasteiger partial charge is 0.353 e. The summed E-state index contributed by atoms with van der Waals surface area (Å²) in [6.07, 6.45) is 1.80. The number of rotatable bonds is 3. The van der Waals surface area contributed by atoms with Gasteiger partial charge in [0, 0.05) is 22.7 Å². The topological polar surface area (TPSA) is 37.8 Å². The first kappa shape index (κ1) is 9.61. The SMILES string of the molecule is Cc1csc(C(C)Nc2nccs2)n1. The average Bonchev–Trinajstić information content (AvgIpc) is 2.75. The van der Waals surface area contributed by atoms with Crippen LogP contribution < -0.4 is 5.32 Å². The average molecular weight is 225 g/mol. The van der Waals surface area contributed by atoms with Crippen molar-refractivity contribution < 1.29 is 0 Å². The van der Waals surface area contributed by atoms with Crippen LogP contribution in [0.1, 0.15) is 23.7 Å². The van der Waals surface area contributed by atoms with Crippen LogP contribution in [0, 0.1) is 6.92 Å². The Balaban J connectivity index is 2.06. The predicted molar refractivity (Wildman–Crippen MR) is 61.0 cm³/mol. The second-order valence-electron chi connectivity index (χ2n) is 3.03. The van der Waals surface area contributed by atoms with Crippen molar-refractivity contribution in [1.82, 2.24) is 9.97 Å². The van der Waals surface area contributed by atoms with Gasteiger partial charge in [-0.15, -0.1) is 22.7 Å². The Morgan fingerprint density at radius 1 is 1.43 bits per heavy atom. The monoisotopic (exact) mass is 225 g/mol. The van der Waals surface area contributed by atoms with Crippen LogP contribution in [0.5, 0.6) is 0 Å². The van der Waals surface area contributed by atoms with Crippen molar-refractivity contribution in [2.45, 2.75) is 19.9 Å². The lowest BCUT2D eigenvalue weighted by molar-refractivity contribution is 0.861. The van der Waals surface area contributed by atoms with E-state index in [0.717, 1.165) is 15.8 Å². The highest BCUT2D eigenvalue weighted by Gasteiger charge is 2.09. The highest BCUT2D eigenvalue weighted by Crippen LogP contribution is 2.23. The molecule has 74 valence electrons. The summed E-state index contributed by atoms with van der Waals surface area (Å²) in [5.74, 6) is 0. The van der Waals surface area contributed by atoms with Crippen LogP contribution >= 0.6 is 22.7 Å². The molecule has 0 aliphatic heterocycles. The fourth-order valence-electron chi connectivity index (χ4n) is 1.11. The molecular weight excluding hydrogens is 214 g/mol. The first-order valence-corrected chi connectivity index (χ1v) is 6.09. The minimum atomic E-state index is 0.236. The summed E-state index contributed by atoms with van der Waals surface area (Å²) in [6, 6.07) is 0.236. The third kappa shape index (κ3) is 2.10. The van der Waals surface area contributed by atoms with Crippen LogP contribution in [0.4, 0.5) is 5.13 Å². The van der Waals surface area contributed by atoms with Gasteiger partial charge in [0.1, 0.15) is 5.01 Å². The van der Waals surface area contributed by atoms with Crippen molar-refractivity contribution in [1.29, 1.82) is 0 Å². The van der Waals surface area contributed by atoms with Gasteiger partial charge in [0.15, 0.2) is 5.13 Å². The molecule has 0 fully saturated rings.